The molecule has 0 fully saturated rings. The van der Waals surface area contributed by atoms with E-state index in [4.69, 9.17) is 0 Å². The summed E-state index contributed by atoms with van der Waals surface area (Å²) in [7, 11) is 0. The number of hydrogen-bond acceptors (Lipinski definition) is 4. The van der Waals surface area contributed by atoms with Gasteiger partial charge in [-0.2, -0.15) is 5.10 Å². The molecule has 2 heterocycles. The summed E-state index contributed by atoms with van der Waals surface area (Å²) in [5, 5.41) is 13.7. The molecule has 2 rings (SSSR count). The van der Waals surface area contributed by atoms with Crippen molar-refractivity contribution in [1.29, 1.82) is 0 Å². The molecule has 6 heteroatoms. The highest BCUT2D eigenvalue weighted by Gasteiger charge is 2.15. The third-order valence-electron chi connectivity index (χ3n) is 3.75. The zero-order valence-electron chi connectivity index (χ0n) is 14.2. The fraction of sp³-hybridized carbons (Fsp3) is 0.412. The molecule has 0 unspecified atom stereocenters. The standard InChI is InChI=1S/C17H22N4O2/c1-6-21-12(5)13(11(4)20-21)7-8-15-18-9-14(17(22)23)16(19-15)10(2)3/h7-10H,6H2,1-5H3,(H,22,23)/b8-7+. The van der Waals surface area contributed by atoms with Gasteiger partial charge in [0.25, 0.3) is 0 Å². The predicted octanol–water partition coefficient (Wildman–Crippen LogP) is 3.30. The Bertz CT molecular complexity index is 760. The van der Waals surface area contributed by atoms with Crippen LogP contribution in [0.15, 0.2) is 6.20 Å². The van der Waals surface area contributed by atoms with E-state index < -0.39 is 5.97 Å². The van der Waals surface area contributed by atoms with Gasteiger partial charge in [-0.3, -0.25) is 4.68 Å². The van der Waals surface area contributed by atoms with E-state index in [9.17, 15) is 9.90 Å². The monoisotopic (exact) mass is 314 g/mol. The van der Waals surface area contributed by atoms with Crippen molar-refractivity contribution in [3.05, 3.63) is 40.2 Å². The average Bonchev–Trinajstić information content (AvgIpc) is 2.78. The minimum atomic E-state index is -1.000. The lowest BCUT2D eigenvalue weighted by atomic mass is 10.1. The number of carboxylic acids is 1. The average molecular weight is 314 g/mol. The molecule has 2 aromatic heterocycles. The van der Waals surface area contributed by atoms with E-state index in [1.165, 1.54) is 6.20 Å². The summed E-state index contributed by atoms with van der Waals surface area (Å²) in [6.07, 6.45) is 5.11. The molecule has 122 valence electrons. The number of carbonyl (C=O) groups is 1. The van der Waals surface area contributed by atoms with Crippen molar-refractivity contribution in [2.45, 2.75) is 47.1 Å². The Hall–Kier alpha value is -2.50. The van der Waals surface area contributed by atoms with Crippen LogP contribution in [0.2, 0.25) is 0 Å². The number of aromatic carboxylic acids is 1. The predicted molar refractivity (Wildman–Crippen MR) is 89.4 cm³/mol. The van der Waals surface area contributed by atoms with E-state index in [0.717, 1.165) is 23.5 Å². The van der Waals surface area contributed by atoms with Gasteiger partial charge >= 0.3 is 5.97 Å². The van der Waals surface area contributed by atoms with Gasteiger partial charge in [0.15, 0.2) is 5.82 Å². The molecule has 0 spiro atoms. The van der Waals surface area contributed by atoms with E-state index >= 15 is 0 Å². The summed E-state index contributed by atoms with van der Waals surface area (Å²) in [4.78, 5) is 19.8. The summed E-state index contributed by atoms with van der Waals surface area (Å²) in [5.41, 5.74) is 3.79. The zero-order chi connectivity index (χ0) is 17.1. The molecule has 0 radical (unpaired) electrons. The number of aromatic nitrogens is 4. The topological polar surface area (TPSA) is 80.9 Å². The first-order valence-corrected chi connectivity index (χ1v) is 7.67. The van der Waals surface area contributed by atoms with Crippen LogP contribution in [-0.4, -0.2) is 30.8 Å². The maximum atomic E-state index is 11.2. The van der Waals surface area contributed by atoms with Gasteiger partial charge in [0.05, 0.1) is 17.0 Å². The van der Waals surface area contributed by atoms with Crippen LogP contribution in [-0.2, 0) is 6.54 Å². The highest BCUT2D eigenvalue weighted by atomic mass is 16.4. The Morgan fingerprint density at radius 3 is 2.57 bits per heavy atom. The summed E-state index contributed by atoms with van der Waals surface area (Å²) < 4.78 is 1.95. The van der Waals surface area contributed by atoms with Crippen molar-refractivity contribution >= 4 is 18.1 Å². The third-order valence-corrected chi connectivity index (χ3v) is 3.75. The van der Waals surface area contributed by atoms with Crippen LogP contribution < -0.4 is 0 Å². The molecule has 1 N–H and O–H groups in total. The molecule has 0 aliphatic carbocycles. The number of nitrogens with zero attached hydrogens (tertiary/aromatic N) is 4. The van der Waals surface area contributed by atoms with E-state index in [-0.39, 0.29) is 11.5 Å². The molecule has 0 amide bonds. The van der Waals surface area contributed by atoms with Gasteiger partial charge in [-0.15, -0.1) is 0 Å². The third kappa shape index (κ3) is 3.47. The van der Waals surface area contributed by atoms with Crippen LogP contribution in [0.25, 0.3) is 12.2 Å². The van der Waals surface area contributed by atoms with Gasteiger partial charge in [-0.25, -0.2) is 14.8 Å². The van der Waals surface area contributed by atoms with Crippen molar-refractivity contribution in [1.82, 2.24) is 19.7 Å². The normalized spacial score (nSPS) is 11.6. The van der Waals surface area contributed by atoms with E-state index in [0.29, 0.717) is 11.5 Å². The molecule has 0 aromatic carbocycles. The van der Waals surface area contributed by atoms with Crippen molar-refractivity contribution in [2.75, 3.05) is 0 Å². The number of aryl methyl sites for hydroxylation is 2. The van der Waals surface area contributed by atoms with E-state index in [2.05, 4.69) is 22.0 Å². The van der Waals surface area contributed by atoms with Crippen LogP contribution in [0.3, 0.4) is 0 Å². The Morgan fingerprint density at radius 1 is 1.35 bits per heavy atom. The zero-order valence-corrected chi connectivity index (χ0v) is 14.2. The van der Waals surface area contributed by atoms with Gasteiger partial charge in [0.1, 0.15) is 0 Å². The molecule has 0 aliphatic heterocycles. The van der Waals surface area contributed by atoms with Crippen LogP contribution in [0.5, 0.6) is 0 Å². The lowest BCUT2D eigenvalue weighted by Gasteiger charge is -2.08. The molecule has 0 saturated heterocycles. The summed E-state index contributed by atoms with van der Waals surface area (Å²) >= 11 is 0. The maximum Gasteiger partial charge on any atom is 0.339 e. The molecular weight excluding hydrogens is 292 g/mol. The van der Waals surface area contributed by atoms with Gasteiger partial charge in [0, 0.05) is 24.0 Å². The van der Waals surface area contributed by atoms with Crippen molar-refractivity contribution in [2.24, 2.45) is 0 Å². The summed E-state index contributed by atoms with van der Waals surface area (Å²) in [6.45, 7) is 10.7. The van der Waals surface area contributed by atoms with E-state index in [1.54, 1.807) is 6.08 Å². The molecule has 0 atom stereocenters. The highest BCUT2D eigenvalue weighted by Crippen LogP contribution is 2.19. The van der Waals surface area contributed by atoms with Crippen LogP contribution in [0.4, 0.5) is 0 Å². The fourth-order valence-electron chi connectivity index (χ4n) is 2.51. The smallest absolute Gasteiger partial charge is 0.339 e. The Labute approximate surface area is 135 Å². The molecule has 2 aromatic rings. The molecule has 0 saturated carbocycles. The Morgan fingerprint density at radius 2 is 2.04 bits per heavy atom. The Kier molecular flexibility index (Phi) is 4.93. The van der Waals surface area contributed by atoms with Crippen molar-refractivity contribution < 1.29 is 9.90 Å². The van der Waals surface area contributed by atoms with Gasteiger partial charge < -0.3 is 5.11 Å². The lowest BCUT2D eigenvalue weighted by molar-refractivity contribution is 0.0694. The minimum absolute atomic E-state index is 0.0163. The summed E-state index contributed by atoms with van der Waals surface area (Å²) in [6, 6.07) is 0. The molecule has 23 heavy (non-hydrogen) atoms. The van der Waals surface area contributed by atoms with Gasteiger partial charge in [-0.1, -0.05) is 13.8 Å². The van der Waals surface area contributed by atoms with Crippen molar-refractivity contribution in [3.8, 4) is 0 Å². The SMILES string of the molecule is CCn1nc(C)c(/C=C/c2ncc(C(=O)O)c(C(C)C)n2)c1C. The molecule has 6 nitrogen and oxygen atoms in total. The second kappa shape index (κ2) is 6.73. The van der Waals surface area contributed by atoms with Gasteiger partial charge in [-0.05, 0) is 38.8 Å². The minimum Gasteiger partial charge on any atom is -0.478 e. The largest absolute Gasteiger partial charge is 0.478 e. The second-order valence-electron chi connectivity index (χ2n) is 5.72. The molecule has 0 aliphatic rings. The number of rotatable bonds is 5. The Balaban J connectivity index is 2.39. The molecular formula is C17H22N4O2. The lowest BCUT2D eigenvalue weighted by Crippen LogP contribution is -2.08. The van der Waals surface area contributed by atoms with Gasteiger partial charge in [0.2, 0.25) is 0 Å². The quantitative estimate of drug-likeness (QED) is 0.915. The number of hydrogen-bond donors (Lipinski definition) is 1. The van der Waals surface area contributed by atoms with E-state index in [1.807, 2.05) is 38.5 Å². The first kappa shape index (κ1) is 16.9. The second-order valence-corrected chi connectivity index (χ2v) is 5.72. The van der Waals surface area contributed by atoms with Crippen LogP contribution in [0, 0.1) is 13.8 Å². The first-order chi connectivity index (χ1) is 10.8. The summed E-state index contributed by atoms with van der Waals surface area (Å²) in [5.74, 6) is -0.482. The van der Waals surface area contributed by atoms with Crippen LogP contribution >= 0.6 is 0 Å². The maximum absolute atomic E-state index is 11.2. The molecule has 0 bridgehead atoms. The first-order valence-electron chi connectivity index (χ1n) is 7.67. The van der Waals surface area contributed by atoms with Crippen molar-refractivity contribution in [3.63, 3.8) is 0 Å². The fourth-order valence-corrected chi connectivity index (χ4v) is 2.51. The number of carboxylic acid groups (broad SMARTS) is 1. The highest BCUT2D eigenvalue weighted by molar-refractivity contribution is 5.88. The van der Waals surface area contributed by atoms with Crippen LogP contribution in [0.1, 0.15) is 65.5 Å².